The number of anilines is 2. The first kappa shape index (κ1) is 31.4. The lowest BCUT2D eigenvalue weighted by molar-refractivity contribution is -0.131. The molecule has 3 aromatic carbocycles. The van der Waals surface area contributed by atoms with Crippen molar-refractivity contribution in [3.63, 3.8) is 0 Å². The first-order valence-corrected chi connectivity index (χ1v) is 16.1. The Labute approximate surface area is 272 Å². The highest BCUT2D eigenvalue weighted by Crippen LogP contribution is 2.49. The van der Waals surface area contributed by atoms with Crippen LogP contribution in [0.1, 0.15) is 43.9 Å². The van der Waals surface area contributed by atoms with Crippen LogP contribution in [-0.2, 0) is 9.59 Å². The minimum absolute atomic E-state index is 0.0485. The lowest BCUT2D eigenvalue weighted by Gasteiger charge is -2.40. The number of methoxy groups -OCH3 is 2. The van der Waals surface area contributed by atoms with Crippen molar-refractivity contribution in [1.29, 1.82) is 0 Å². The molecule has 8 heteroatoms. The van der Waals surface area contributed by atoms with Crippen molar-refractivity contribution in [3.8, 4) is 11.5 Å². The third-order valence-electron chi connectivity index (χ3n) is 9.23. The number of ketones is 1. The molecule has 3 aromatic rings. The zero-order chi connectivity index (χ0) is 32.3. The van der Waals surface area contributed by atoms with Crippen molar-refractivity contribution in [2.45, 2.75) is 32.7 Å². The SMILES string of the molecule is COc1ccc(C2C3=C(CC(C)(C)CC3=O)Nc3ccccc3N2CC(=O)N2CCN(C/C=C/c3ccccc3)CC2)cc1OC. The molecule has 0 spiro atoms. The van der Waals surface area contributed by atoms with Gasteiger partial charge in [0.2, 0.25) is 5.91 Å². The molecule has 6 rings (SSSR count). The predicted molar refractivity (Wildman–Crippen MR) is 183 cm³/mol. The van der Waals surface area contributed by atoms with E-state index in [2.05, 4.69) is 53.2 Å². The van der Waals surface area contributed by atoms with Crippen LogP contribution in [0.2, 0.25) is 0 Å². The average Bonchev–Trinajstić information content (AvgIpc) is 3.19. The van der Waals surface area contributed by atoms with Gasteiger partial charge in [0.05, 0.1) is 38.2 Å². The first-order chi connectivity index (χ1) is 22.3. The number of ether oxygens (including phenoxy) is 2. The van der Waals surface area contributed by atoms with Crippen molar-refractivity contribution in [1.82, 2.24) is 9.80 Å². The number of fused-ring (bicyclic) bond motifs is 1. The largest absolute Gasteiger partial charge is 0.493 e. The molecule has 8 nitrogen and oxygen atoms in total. The van der Waals surface area contributed by atoms with E-state index in [1.165, 1.54) is 5.56 Å². The van der Waals surface area contributed by atoms with E-state index in [-0.39, 0.29) is 23.7 Å². The maximum Gasteiger partial charge on any atom is 0.242 e. The number of benzene rings is 3. The van der Waals surface area contributed by atoms with E-state index < -0.39 is 6.04 Å². The molecule has 1 aliphatic carbocycles. The van der Waals surface area contributed by atoms with Gasteiger partial charge in [0, 0.05) is 50.4 Å². The summed E-state index contributed by atoms with van der Waals surface area (Å²) in [7, 11) is 3.23. The molecule has 1 saturated heterocycles. The molecule has 0 saturated carbocycles. The number of carbonyl (C=O) groups excluding carboxylic acids is 2. The lowest BCUT2D eigenvalue weighted by Crippen LogP contribution is -2.51. The Morgan fingerprint density at radius 2 is 1.63 bits per heavy atom. The number of nitrogens with zero attached hydrogens (tertiary/aromatic N) is 3. The Bertz CT molecular complexity index is 1640. The summed E-state index contributed by atoms with van der Waals surface area (Å²) in [5, 5.41) is 3.64. The lowest BCUT2D eigenvalue weighted by atomic mass is 9.73. The molecular formula is C38H44N4O4. The highest BCUT2D eigenvalue weighted by atomic mass is 16.5. The third kappa shape index (κ3) is 6.67. The smallest absolute Gasteiger partial charge is 0.242 e. The molecule has 1 atom stereocenters. The number of allylic oxidation sites excluding steroid dienone is 1. The summed E-state index contributed by atoms with van der Waals surface area (Å²) < 4.78 is 11.2. The van der Waals surface area contributed by atoms with Crippen molar-refractivity contribution in [3.05, 3.63) is 101 Å². The van der Waals surface area contributed by atoms with Gasteiger partial charge >= 0.3 is 0 Å². The van der Waals surface area contributed by atoms with E-state index in [1.54, 1.807) is 14.2 Å². The van der Waals surface area contributed by atoms with Crippen LogP contribution in [0.25, 0.3) is 6.08 Å². The highest BCUT2D eigenvalue weighted by Gasteiger charge is 2.42. The van der Waals surface area contributed by atoms with Gasteiger partial charge in [-0.2, -0.15) is 0 Å². The summed E-state index contributed by atoms with van der Waals surface area (Å²) in [6, 6.07) is 23.7. The number of Topliss-reactive ketones (excluding diaryl/α,β-unsaturated/α-hetero) is 1. The molecule has 2 aliphatic heterocycles. The summed E-state index contributed by atoms with van der Waals surface area (Å²) in [6.07, 6.45) is 5.51. The average molecular weight is 621 g/mol. The van der Waals surface area contributed by atoms with Crippen LogP contribution in [0.5, 0.6) is 11.5 Å². The van der Waals surface area contributed by atoms with Gasteiger partial charge in [-0.3, -0.25) is 14.5 Å². The highest BCUT2D eigenvalue weighted by molar-refractivity contribution is 6.02. The molecule has 1 fully saturated rings. The molecule has 1 N–H and O–H groups in total. The number of piperazine rings is 1. The van der Waals surface area contributed by atoms with Crippen LogP contribution >= 0.6 is 0 Å². The first-order valence-electron chi connectivity index (χ1n) is 16.1. The van der Waals surface area contributed by atoms with Crippen LogP contribution in [0, 0.1) is 5.41 Å². The summed E-state index contributed by atoms with van der Waals surface area (Å²) in [5.74, 6) is 1.34. The van der Waals surface area contributed by atoms with E-state index in [0.29, 0.717) is 36.6 Å². The van der Waals surface area contributed by atoms with E-state index in [9.17, 15) is 9.59 Å². The fourth-order valence-electron chi connectivity index (χ4n) is 6.92. The number of nitrogens with one attached hydrogen (secondary N) is 1. The normalized spacial score (nSPS) is 19.7. The molecule has 2 heterocycles. The number of amides is 1. The van der Waals surface area contributed by atoms with Gasteiger partial charge in [-0.15, -0.1) is 0 Å². The van der Waals surface area contributed by atoms with Gasteiger partial charge in [-0.25, -0.2) is 0 Å². The fraction of sp³-hybridized carbons (Fsp3) is 0.368. The second-order valence-electron chi connectivity index (χ2n) is 13.1. The second-order valence-corrected chi connectivity index (χ2v) is 13.1. The summed E-state index contributed by atoms with van der Waals surface area (Å²) >= 11 is 0. The number of para-hydroxylation sites is 2. The van der Waals surface area contributed by atoms with Crippen molar-refractivity contribution in [2.75, 3.05) is 63.7 Å². The summed E-state index contributed by atoms with van der Waals surface area (Å²) in [4.78, 5) is 34.6. The van der Waals surface area contributed by atoms with Crippen LogP contribution in [0.4, 0.5) is 11.4 Å². The van der Waals surface area contributed by atoms with Crippen LogP contribution < -0.4 is 19.7 Å². The number of hydrogen-bond acceptors (Lipinski definition) is 7. The standard InChI is InChI=1S/C38H44N4O4/c1-38(2)24-30-36(32(43)25-38)37(28-16-17-33(45-3)34(23-28)46-4)42(31-15-9-8-14-29(31)39-30)26-35(44)41-21-19-40(20-22-41)18-10-13-27-11-6-5-7-12-27/h5-17,23,37,39H,18-22,24-26H2,1-4H3/b13-10+. The second kappa shape index (κ2) is 13.4. The van der Waals surface area contributed by atoms with Crippen molar-refractivity contribution >= 4 is 29.1 Å². The zero-order valence-corrected chi connectivity index (χ0v) is 27.3. The predicted octanol–water partition coefficient (Wildman–Crippen LogP) is 6.18. The Balaban J connectivity index is 1.29. The molecule has 3 aliphatic rings. The maximum atomic E-state index is 14.1. The minimum atomic E-state index is -0.483. The number of carbonyl (C=O) groups is 2. The van der Waals surface area contributed by atoms with E-state index in [1.807, 2.05) is 65.6 Å². The topological polar surface area (TPSA) is 74.4 Å². The fourth-order valence-corrected chi connectivity index (χ4v) is 6.92. The Hall–Kier alpha value is -4.56. The maximum absolute atomic E-state index is 14.1. The molecular weight excluding hydrogens is 576 g/mol. The number of hydrogen-bond donors (Lipinski definition) is 1. The molecule has 0 bridgehead atoms. The van der Waals surface area contributed by atoms with Gasteiger partial charge < -0.3 is 24.6 Å². The summed E-state index contributed by atoms with van der Waals surface area (Å²) in [5.41, 5.74) is 5.30. The van der Waals surface area contributed by atoms with Crippen molar-refractivity contribution < 1.29 is 19.1 Å². The van der Waals surface area contributed by atoms with Crippen LogP contribution in [0.15, 0.2) is 90.1 Å². The molecule has 1 amide bonds. The molecule has 0 aromatic heterocycles. The van der Waals surface area contributed by atoms with Gasteiger partial charge in [0.25, 0.3) is 0 Å². The van der Waals surface area contributed by atoms with E-state index >= 15 is 0 Å². The van der Waals surface area contributed by atoms with Gasteiger partial charge in [0.15, 0.2) is 17.3 Å². The van der Waals surface area contributed by atoms with Crippen LogP contribution in [-0.4, -0.2) is 75.0 Å². The minimum Gasteiger partial charge on any atom is -0.493 e. The molecule has 240 valence electrons. The zero-order valence-electron chi connectivity index (χ0n) is 27.3. The van der Waals surface area contributed by atoms with E-state index in [0.717, 1.165) is 48.7 Å². The molecule has 1 unspecified atom stereocenters. The third-order valence-corrected chi connectivity index (χ3v) is 9.23. The quantitative estimate of drug-likeness (QED) is 0.323. The van der Waals surface area contributed by atoms with E-state index in [4.69, 9.17) is 9.47 Å². The Morgan fingerprint density at radius 3 is 2.37 bits per heavy atom. The summed E-state index contributed by atoms with van der Waals surface area (Å²) in [6.45, 7) is 8.20. The Morgan fingerprint density at radius 1 is 0.913 bits per heavy atom. The van der Waals surface area contributed by atoms with Crippen LogP contribution in [0.3, 0.4) is 0 Å². The van der Waals surface area contributed by atoms with Crippen molar-refractivity contribution in [2.24, 2.45) is 5.41 Å². The monoisotopic (exact) mass is 620 g/mol. The van der Waals surface area contributed by atoms with Gasteiger partial charge in [-0.05, 0) is 47.2 Å². The van der Waals surface area contributed by atoms with Gasteiger partial charge in [-0.1, -0.05) is 74.5 Å². The van der Waals surface area contributed by atoms with Gasteiger partial charge in [0.1, 0.15) is 0 Å². The number of rotatable bonds is 8. The molecule has 46 heavy (non-hydrogen) atoms. The molecule has 0 radical (unpaired) electrons. The Kier molecular flexibility index (Phi) is 9.17.